The number of aliphatic hydroxyl groups excluding tert-OH is 1. The van der Waals surface area contributed by atoms with Crippen molar-refractivity contribution in [3.8, 4) is 0 Å². The number of hydrogen-bond donors (Lipinski definition) is 3. The van der Waals surface area contributed by atoms with Crippen LogP contribution in [-0.2, 0) is 4.79 Å². The van der Waals surface area contributed by atoms with Gasteiger partial charge in [0.2, 0.25) is 5.91 Å². The van der Waals surface area contributed by atoms with Gasteiger partial charge in [-0.2, -0.15) is 0 Å². The molecule has 0 aromatic rings. The molecule has 0 heterocycles. The molecule has 0 unspecified atom stereocenters. The summed E-state index contributed by atoms with van der Waals surface area (Å²) in [5.41, 5.74) is 0.292. The molecular weight excluding hydrogens is 228 g/mol. The Balaban J connectivity index is 1.57. The first-order valence-corrected chi connectivity index (χ1v) is 7.35. The maximum Gasteiger partial charge on any atom is 0.234 e. The number of carbonyl (C=O) groups is 1. The molecule has 4 heteroatoms. The molecule has 104 valence electrons. The van der Waals surface area contributed by atoms with Gasteiger partial charge in [-0.25, -0.2) is 0 Å². The fourth-order valence-corrected chi connectivity index (χ4v) is 2.90. The van der Waals surface area contributed by atoms with E-state index in [2.05, 4.69) is 10.6 Å². The van der Waals surface area contributed by atoms with Gasteiger partial charge in [-0.3, -0.25) is 4.79 Å². The quantitative estimate of drug-likeness (QED) is 0.639. The van der Waals surface area contributed by atoms with Crippen LogP contribution in [0.25, 0.3) is 0 Å². The zero-order valence-corrected chi connectivity index (χ0v) is 11.2. The molecule has 0 aromatic heterocycles. The van der Waals surface area contributed by atoms with Crippen molar-refractivity contribution in [2.24, 2.45) is 5.41 Å². The van der Waals surface area contributed by atoms with Gasteiger partial charge in [0.25, 0.3) is 0 Å². The standard InChI is InChI=1S/C14H26N2O2/c17-9-8-14(6-7-14)11-15-10-13(18)16-12-4-2-1-3-5-12/h12,15,17H,1-11H2,(H,16,18). The predicted octanol–water partition coefficient (Wildman–Crippen LogP) is 1.19. The fourth-order valence-electron chi connectivity index (χ4n) is 2.90. The summed E-state index contributed by atoms with van der Waals surface area (Å²) in [5.74, 6) is 0.127. The Bertz CT molecular complexity index is 271. The van der Waals surface area contributed by atoms with E-state index in [9.17, 15) is 4.79 Å². The van der Waals surface area contributed by atoms with Crippen LogP contribution < -0.4 is 10.6 Å². The Morgan fingerprint density at radius 1 is 1.22 bits per heavy atom. The van der Waals surface area contributed by atoms with E-state index in [1.807, 2.05) is 0 Å². The highest BCUT2D eigenvalue weighted by Crippen LogP contribution is 2.47. The SMILES string of the molecule is O=C(CNCC1(CCO)CC1)NC1CCCCC1. The van der Waals surface area contributed by atoms with Gasteiger partial charge in [-0.05, 0) is 37.5 Å². The summed E-state index contributed by atoms with van der Waals surface area (Å²) in [6.07, 6.45) is 9.32. The van der Waals surface area contributed by atoms with Crippen LogP contribution in [0.5, 0.6) is 0 Å². The maximum atomic E-state index is 11.8. The van der Waals surface area contributed by atoms with Gasteiger partial charge < -0.3 is 15.7 Å². The molecule has 1 amide bonds. The average Bonchev–Trinajstić information content (AvgIpc) is 3.11. The summed E-state index contributed by atoms with van der Waals surface area (Å²) >= 11 is 0. The van der Waals surface area contributed by atoms with Gasteiger partial charge in [0.15, 0.2) is 0 Å². The molecule has 2 aliphatic carbocycles. The van der Waals surface area contributed by atoms with Crippen molar-refractivity contribution in [1.82, 2.24) is 10.6 Å². The maximum absolute atomic E-state index is 11.8. The van der Waals surface area contributed by atoms with Gasteiger partial charge in [-0.15, -0.1) is 0 Å². The van der Waals surface area contributed by atoms with Crippen LogP contribution in [0.4, 0.5) is 0 Å². The number of carbonyl (C=O) groups excluding carboxylic acids is 1. The third-order valence-corrected chi connectivity index (χ3v) is 4.36. The highest BCUT2D eigenvalue weighted by atomic mass is 16.3. The molecule has 0 radical (unpaired) electrons. The monoisotopic (exact) mass is 254 g/mol. The van der Waals surface area contributed by atoms with Crippen LogP contribution in [0.2, 0.25) is 0 Å². The van der Waals surface area contributed by atoms with Crippen LogP contribution in [0.15, 0.2) is 0 Å². The molecule has 2 aliphatic rings. The zero-order chi connectivity index (χ0) is 12.8. The van der Waals surface area contributed by atoms with Crippen molar-refractivity contribution in [2.45, 2.75) is 57.4 Å². The Morgan fingerprint density at radius 2 is 1.94 bits per heavy atom. The molecule has 0 aromatic carbocycles. The predicted molar refractivity (Wildman–Crippen MR) is 71.3 cm³/mol. The lowest BCUT2D eigenvalue weighted by molar-refractivity contribution is -0.121. The van der Waals surface area contributed by atoms with E-state index < -0.39 is 0 Å². The highest BCUT2D eigenvalue weighted by Gasteiger charge is 2.41. The van der Waals surface area contributed by atoms with Gasteiger partial charge >= 0.3 is 0 Å². The molecule has 2 saturated carbocycles. The van der Waals surface area contributed by atoms with Gasteiger partial charge in [0, 0.05) is 19.2 Å². The lowest BCUT2D eigenvalue weighted by Gasteiger charge is -2.23. The summed E-state index contributed by atoms with van der Waals surface area (Å²) in [7, 11) is 0. The second-order valence-corrected chi connectivity index (χ2v) is 5.98. The van der Waals surface area contributed by atoms with Crippen molar-refractivity contribution in [2.75, 3.05) is 19.7 Å². The highest BCUT2D eigenvalue weighted by molar-refractivity contribution is 5.78. The number of rotatable bonds is 7. The summed E-state index contributed by atoms with van der Waals surface area (Å²) in [5, 5.41) is 15.3. The van der Waals surface area contributed by atoms with E-state index in [-0.39, 0.29) is 12.5 Å². The molecule has 18 heavy (non-hydrogen) atoms. The summed E-state index contributed by atoms with van der Waals surface area (Å²) in [4.78, 5) is 11.8. The van der Waals surface area contributed by atoms with Gasteiger partial charge in [0.05, 0.1) is 6.54 Å². The molecular formula is C14H26N2O2. The smallest absolute Gasteiger partial charge is 0.234 e. The third kappa shape index (κ3) is 4.25. The lowest BCUT2D eigenvalue weighted by atomic mass is 9.95. The minimum atomic E-state index is 0.127. The normalized spacial score (nSPS) is 22.7. The van der Waals surface area contributed by atoms with Crippen molar-refractivity contribution in [1.29, 1.82) is 0 Å². The van der Waals surface area contributed by atoms with E-state index in [0.29, 0.717) is 18.0 Å². The van der Waals surface area contributed by atoms with Crippen LogP contribution in [0, 0.1) is 5.41 Å². The molecule has 0 spiro atoms. The number of amides is 1. The lowest BCUT2D eigenvalue weighted by Crippen LogP contribution is -2.42. The van der Waals surface area contributed by atoms with Crippen LogP contribution in [0.3, 0.4) is 0 Å². The first-order valence-electron chi connectivity index (χ1n) is 7.35. The Hall–Kier alpha value is -0.610. The largest absolute Gasteiger partial charge is 0.396 e. The first-order chi connectivity index (χ1) is 8.74. The molecule has 0 atom stereocenters. The Morgan fingerprint density at radius 3 is 2.56 bits per heavy atom. The molecule has 4 nitrogen and oxygen atoms in total. The minimum absolute atomic E-state index is 0.127. The van der Waals surface area contributed by atoms with Crippen molar-refractivity contribution in [3.05, 3.63) is 0 Å². The molecule has 2 fully saturated rings. The van der Waals surface area contributed by atoms with Crippen molar-refractivity contribution in [3.63, 3.8) is 0 Å². The van der Waals surface area contributed by atoms with Crippen LogP contribution >= 0.6 is 0 Å². The van der Waals surface area contributed by atoms with Crippen molar-refractivity contribution < 1.29 is 9.90 Å². The third-order valence-electron chi connectivity index (χ3n) is 4.36. The second kappa shape index (κ2) is 6.53. The van der Waals surface area contributed by atoms with E-state index in [1.54, 1.807) is 0 Å². The van der Waals surface area contributed by atoms with E-state index >= 15 is 0 Å². The molecule has 0 saturated heterocycles. The first kappa shape index (κ1) is 13.8. The molecule has 0 aliphatic heterocycles. The van der Waals surface area contributed by atoms with Gasteiger partial charge in [0.1, 0.15) is 0 Å². The van der Waals surface area contributed by atoms with E-state index in [4.69, 9.17) is 5.11 Å². The summed E-state index contributed by atoms with van der Waals surface area (Å²) < 4.78 is 0. The van der Waals surface area contributed by atoms with Crippen LogP contribution in [-0.4, -0.2) is 36.8 Å². The summed E-state index contributed by atoms with van der Waals surface area (Å²) in [6, 6.07) is 0.403. The number of hydrogen-bond acceptors (Lipinski definition) is 3. The van der Waals surface area contributed by atoms with Crippen molar-refractivity contribution >= 4 is 5.91 Å². The number of nitrogens with one attached hydrogen (secondary N) is 2. The Labute approximate surface area is 110 Å². The molecule has 0 bridgehead atoms. The van der Waals surface area contributed by atoms with E-state index in [0.717, 1.165) is 25.8 Å². The minimum Gasteiger partial charge on any atom is -0.396 e. The van der Waals surface area contributed by atoms with E-state index in [1.165, 1.54) is 32.1 Å². The van der Waals surface area contributed by atoms with Gasteiger partial charge in [-0.1, -0.05) is 19.3 Å². The Kier molecular flexibility index (Phi) is 5.01. The molecule has 2 rings (SSSR count). The number of aliphatic hydroxyl groups is 1. The second-order valence-electron chi connectivity index (χ2n) is 5.98. The van der Waals surface area contributed by atoms with Crippen LogP contribution in [0.1, 0.15) is 51.4 Å². The average molecular weight is 254 g/mol. The molecule has 3 N–H and O–H groups in total. The zero-order valence-electron chi connectivity index (χ0n) is 11.2. The topological polar surface area (TPSA) is 61.4 Å². The fraction of sp³-hybridized carbons (Fsp3) is 0.929. The summed E-state index contributed by atoms with van der Waals surface area (Å²) in [6.45, 7) is 1.55.